The minimum atomic E-state index is 0.876. The fraction of sp³-hybridized carbons (Fsp3) is 0.667. The van der Waals surface area contributed by atoms with Crippen molar-refractivity contribution in [1.82, 2.24) is 5.32 Å². The van der Waals surface area contributed by atoms with Gasteiger partial charge < -0.3 is 10.1 Å². The molecule has 0 aliphatic carbocycles. The molecule has 16 heavy (non-hydrogen) atoms. The number of nitrogens with one attached hydrogen (secondary N) is 1. The molecule has 0 aromatic carbocycles. The highest BCUT2D eigenvalue weighted by atomic mass is 79.9. The first kappa shape index (κ1) is 14.2. The Morgan fingerprint density at radius 1 is 1.38 bits per heavy atom. The molecule has 0 saturated carbocycles. The monoisotopic (exact) mass is 305 g/mol. The maximum Gasteiger partial charge on any atom is 0.0478 e. The standard InChI is InChI=1S/C12H20BrNOS/c1-2-3-6-15-7-4-5-14-9-12-8-11(13)10-16-12/h8,10,14H,2-7,9H2,1H3. The molecule has 4 heteroatoms. The first-order valence-electron chi connectivity index (χ1n) is 5.84. The van der Waals surface area contributed by atoms with Crippen molar-refractivity contribution in [3.05, 3.63) is 20.8 Å². The summed E-state index contributed by atoms with van der Waals surface area (Å²) in [5.41, 5.74) is 0. The van der Waals surface area contributed by atoms with Gasteiger partial charge in [-0.1, -0.05) is 13.3 Å². The van der Waals surface area contributed by atoms with Crippen LogP contribution in [0.25, 0.3) is 0 Å². The van der Waals surface area contributed by atoms with E-state index in [0.717, 1.165) is 32.7 Å². The summed E-state index contributed by atoms with van der Waals surface area (Å²) in [4.78, 5) is 1.37. The van der Waals surface area contributed by atoms with Crippen molar-refractivity contribution >= 4 is 27.3 Å². The molecule has 0 atom stereocenters. The van der Waals surface area contributed by atoms with Gasteiger partial charge in [0.2, 0.25) is 0 Å². The summed E-state index contributed by atoms with van der Waals surface area (Å²) in [6.45, 7) is 5.96. The minimum absolute atomic E-state index is 0.876. The molecule has 92 valence electrons. The Kier molecular flexibility index (Phi) is 8.11. The molecule has 0 bridgehead atoms. The summed E-state index contributed by atoms with van der Waals surface area (Å²) in [6, 6.07) is 2.16. The second-order valence-electron chi connectivity index (χ2n) is 3.73. The van der Waals surface area contributed by atoms with E-state index in [1.165, 1.54) is 22.2 Å². The molecule has 1 heterocycles. The summed E-state index contributed by atoms with van der Waals surface area (Å²) in [5, 5.41) is 5.53. The van der Waals surface area contributed by atoms with Crippen molar-refractivity contribution in [3.63, 3.8) is 0 Å². The van der Waals surface area contributed by atoms with Gasteiger partial charge in [0.1, 0.15) is 0 Å². The molecule has 0 unspecified atom stereocenters. The van der Waals surface area contributed by atoms with E-state index in [1.54, 1.807) is 11.3 Å². The summed E-state index contributed by atoms with van der Waals surface area (Å²) >= 11 is 5.24. The normalized spacial score (nSPS) is 10.9. The van der Waals surface area contributed by atoms with E-state index in [1.807, 2.05) is 0 Å². The van der Waals surface area contributed by atoms with Crippen LogP contribution in [0.1, 0.15) is 31.1 Å². The molecule has 1 N–H and O–H groups in total. The van der Waals surface area contributed by atoms with Crippen LogP contribution in [0.2, 0.25) is 0 Å². The van der Waals surface area contributed by atoms with Crippen LogP contribution in [-0.2, 0) is 11.3 Å². The Morgan fingerprint density at radius 2 is 2.19 bits per heavy atom. The lowest BCUT2D eigenvalue weighted by Gasteiger charge is -2.04. The van der Waals surface area contributed by atoms with E-state index in [2.05, 4.69) is 39.6 Å². The zero-order valence-electron chi connectivity index (χ0n) is 9.80. The quantitative estimate of drug-likeness (QED) is 0.701. The van der Waals surface area contributed by atoms with E-state index >= 15 is 0 Å². The zero-order chi connectivity index (χ0) is 11.6. The SMILES string of the molecule is CCCCOCCCNCc1cc(Br)cs1. The number of hydrogen-bond donors (Lipinski definition) is 1. The van der Waals surface area contributed by atoms with Gasteiger partial charge in [-0.05, 0) is 41.4 Å². The predicted molar refractivity (Wildman–Crippen MR) is 74.1 cm³/mol. The highest BCUT2D eigenvalue weighted by Crippen LogP contribution is 2.19. The van der Waals surface area contributed by atoms with Gasteiger partial charge >= 0.3 is 0 Å². The first-order chi connectivity index (χ1) is 7.83. The van der Waals surface area contributed by atoms with E-state index in [-0.39, 0.29) is 0 Å². The summed E-state index contributed by atoms with van der Waals surface area (Å²) in [7, 11) is 0. The third-order valence-electron chi connectivity index (χ3n) is 2.21. The summed E-state index contributed by atoms with van der Waals surface area (Å²) in [5.74, 6) is 0. The van der Waals surface area contributed by atoms with E-state index in [9.17, 15) is 0 Å². The molecule has 2 nitrogen and oxygen atoms in total. The lowest BCUT2D eigenvalue weighted by molar-refractivity contribution is 0.129. The Bertz CT molecular complexity index is 278. The second-order valence-corrected chi connectivity index (χ2v) is 5.64. The van der Waals surface area contributed by atoms with Crippen molar-refractivity contribution in [2.75, 3.05) is 19.8 Å². The average molecular weight is 306 g/mol. The fourth-order valence-corrected chi connectivity index (χ4v) is 2.73. The molecule has 0 spiro atoms. The number of ether oxygens (including phenoxy) is 1. The van der Waals surface area contributed by atoms with Gasteiger partial charge in [-0.25, -0.2) is 0 Å². The number of thiophene rings is 1. The molecule has 1 rings (SSSR count). The van der Waals surface area contributed by atoms with Crippen LogP contribution < -0.4 is 5.32 Å². The Labute approximate surface area is 111 Å². The lowest BCUT2D eigenvalue weighted by atomic mass is 10.3. The minimum Gasteiger partial charge on any atom is -0.381 e. The van der Waals surface area contributed by atoms with Crippen LogP contribution in [0.5, 0.6) is 0 Å². The zero-order valence-corrected chi connectivity index (χ0v) is 12.2. The number of halogens is 1. The Morgan fingerprint density at radius 3 is 2.88 bits per heavy atom. The van der Waals surface area contributed by atoms with Crippen LogP contribution in [0.4, 0.5) is 0 Å². The molecule has 0 aliphatic heterocycles. The molecule has 1 aromatic rings. The van der Waals surface area contributed by atoms with E-state index < -0.39 is 0 Å². The van der Waals surface area contributed by atoms with Gasteiger partial charge in [0.05, 0.1) is 0 Å². The maximum atomic E-state index is 5.49. The van der Waals surface area contributed by atoms with Gasteiger partial charge in [-0.15, -0.1) is 11.3 Å². The van der Waals surface area contributed by atoms with Crippen molar-refractivity contribution in [2.24, 2.45) is 0 Å². The molecule has 0 fully saturated rings. The molecule has 0 amide bonds. The highest BCUT2D eigenvalue weighted by molar-refractivity contribution is 9.10. The van der Waals surface area contributed by atoms with Crippen molar-refractivity contribution in [1.29, 1.82) is 0 Å². The third kappa shape index (κ3) is 6.63. The summed E-state index contributed by atoms with van der Waals surface area (Å²) < 4.78 is 6.66. The first-order valence-corrected chi connectivity index (χ1v) is 7.51. The fourth-order valence-electron chi connectivity index (χ4n) is 1.31. The van der Waals surface area contributed by atoms with Crippen molar-refractivity contribution < 1.29 is 4.74 Å². The predicted octanol–water partition coefficient (Wildman–Crippen LogP) is 3.81. The smallest absolute Gasteiger partial charge is 0.0478 e. The molecule has 0 aliphatic rings. The van der Waals surface area contributed by atoms with Crippen LogP contribution in [0.3, 0.4) is 0 Å². The van der Waals surface area contributed by atoms with Crippen LogP contribution in [-0.4, -0.2) is 19.8 Å². The van der Waals surface area contributed by atoms with Crippen LogP contribution in [0, 0.1) is 0 Å². The van der Waals surface area contributed by atoms with Gasteiger partial charge in [-0.3, -0.25) is 0 Å². The summed E-state index contributed by atoms with van der Waals surface area (Å²) in [6.07, 6.45) is 3.48. The lowest BCUT2D eigenvalue weighted by Crippen LogP contribution is -2.15. The molecular weight excluding hydrogens is 286 g/mol. The maximum absolute atomic E-state index is 5.49. The largest absolute Gasteiger partial charge is 0.381 e. The van der Waals surface area contributed by atoms with E-state index in [0.29, 0.717) is 0 Å². The molecular formula is C12H20BrNOS. The topological polar surface area (TPSA) is 21.3 Å². The average Bonchev–Trinajstić information content (AvgIpc) is 2.68. The third-order valence-corrected chi connectivity index (χ3v) is 3.90. The molecule has 0 radical (unpaired) electrons. The van der Waals surface area contributed by atoms with Gasteiger partial charge in [-0.2, -0.15) is 0 Å². The van der Waals surface area contributed by atoms with Gasteiger partial charge in [0.25, 0.3) is 0 Å². The van der Waals surface area contributed by atoms with Crippen molar-refractivity contribution in [3.8, 4) is 0 Å². The Balaban J connectivity index is 1.88. The van der Waals surface area contributed by atoms with Crippen LogP contribution in [0.15, 0.2) is 15.9 Å². The highest BCUT2D eigenvalue weighted by Gasteiger charge is 1.96. The van der Waals surface area contributed by atoms with Crippen LogP contribution >= 0.6 is 27.3 Å². The number of unbranched alkanes of at least 4 members (excludes halogenated alkanes) is 1. The van der Waals surface area contributed by atoms with Gasteiger partial charge in [0, 0.05) is 34.5 Å². The number of hydrogen-bond acceptors (Lipinski definition) is 3. The number of rotatable bonds is 9. The molecule has 0 saturated heterocycles. The second kappa shape index (κ2) is 9.16. The van der Waals surface area contributed by atoms with Crippen molar-refractivity contribution in [2.45, 2.75) is 32.7 Å². The van der Waals surface area contributed by atoms with E-state index in [4.69, 9.17) is 4.74 Å². The Hall–Kier alpha value is 0.1000. The molecule has 1 aromatic heterocycles. The van der Waals surface area contributed by atoms with Gasteiger partial charge in [0.15, 0.2) is 0 Å².